The van der Waals surface area contributed by atoms with Crippen molar-refractivity contribution < 1.29 is 90.0 Å². The summed E-state index contributed by atoms with van der Waals surface area (Å²) in [5, 5.41) is 26.1. The first-order chi connectivity index (χ1) is 25.1. The SMILES string of the molecule is CC(C)(COP(=O)(O)OP(=O)(O)OCC1OC(n2cnc3c(N)ncnc32)C(O)C1OP(=O)(O)O)C(O)C(=O)NCCC(=O)NCCC(=O)CCOC=O. The summed E-state index contributed by atoms with van der Waals surface area (Å²) in [5.74, 6) is -1.86. The van der Waals surface area contributed by atoms with E-state index in [1.807, 2.05) is 0 Å². The van der Waals surface area contributed by atoms with Crippen LogP contribution in [0.25, 0.3) is 11.2 Å². The van der Waals surface area contributed by atoms with Crippen LogP contribution in [-0.2, 0) is 60.2 Å². The second-order valence-electron chi connectivity index (χ2n) is 12.1. The summed E-state index contributed by atoms with van der Waals surface area (Å²) in [4.78, 5) is 96.9. The van der Waals surface area contributed by atoms with Gasteiger partial charge in [-0.2, -0.15) is 4.31 Å². The highest BCUT2D eigenvalue weighted by atomic mass is 31.3. The summed E-state index contributed by atoms with van der Waals surface area (Å²) in [6.45, 7) is 0.249. The maximum atomic E-state index is 12.6. The summed E-state index contributed by atoms with van der Waals surface area (Å²) in [6, 6.07) is 0. The summed E-state index contributed by atoms with van der Waals surface area (Å²) in [6.07, 6.45) is -7.11. The van der Waals surface area contributed by atoms with Crippen molar-refractivity contribution in [2.24, 2.45) is 5.41 Å². The first kappa shape index (κ1) is 45.1. The van der Waals surface area contributed by atoms with Crippen LogP contribution in [0.4, 0.5) is 5.82 Å². The summed E-state index contributed by atoms with van der Waals surface area (Å²) < 4.78 is 66.3. The lowest BCUT2D eigenvalue weighted by molar-refractivity contribution is -0.137. The van der Waals surface area contributed by atoms with Crippen LogP contribution in [0.5, 0.6) is 0 Å². The van der Waals surface area contributed by atoms with Crippen LogP contribution in [0.2, 0.25) is 0 Å². The number of hydrogen-bond acceptors (Lipinski definition) is 19. The molecule has 2 aromatic heterocycles. The van der Waals surface area contributed by atoms with Gasteiger partial charge in [0, 0.05) is 37.8 Å². The minimum absolute atomic E-state index is 0.00532. The van der Waals surface area contributed by atoms with E-state index in [0.717, 1.165) is 17.2 Å². The third kappa shape index (κ3) is 13.5. The number of aromatic nitrogens is 4. The number of nitrogens with one attached hydrogen (secondary N) is 2. The van der Waals surface area contributed by atoms with Gasteiger partial charge in [0.2, 0.25) is 11.8 Å². The predicted molar refractivity (Wildman–Crippen MR) is 176 cm³/mol. The standard InChI is InChI=1S/C25H40N7O19P3/c1-25(2,20(37)23(38)28-7-4-16(35)27-6-3-14(34)5-8-46-13-33)10-48-54(44,45)51-53(42,43)47-9-15-19(50-52(39,40)41)18(36)24(49-15)32-12-31-17-21(26)29-11-30-22(17)32/h11-13,15,18-20,24,36-37H,3-10H2,1-2H3,(H,27,35)(H,28,38)(H,42,43)(H,44,45)(H2,26,29,30)(H2,39,40,41). The molecule has 0 spiro atoms. The molecule has 26 nitrogen and oxygen atoms in total. The number of aliphatic hydroxyl groups is 2. The number of anilines is 1. The van der Waals surface area contributed by atoms with E-state index in [9.17, 15) is 62.7 Å². The normalized spacial score (nSPS) is 21.9. The van der Waals surface area contributed by atoms with Crippen molar-refractivity contribution in [3.63, 3.8) is 0 Å². The van der Waals surface area contributed by atoms with Crippen molar-refractivity contribution in [2.75, 3.05) is 38.6 Å². The van der Waals surface area contributed by atoms with E-state index in [-0.39, 0.29) is 68.2 Å². The Bertz CT molecular complexity index is 1790. The molecule has 3 rings (SSSR count). The van der Waals surface area contributed by atoms with Crippen LogP contribution in [-0.4, -0.2) is 131 Å². The quantitative estimate of drug-likeness (QED) is 0.0330. The fourth-order valence-electron chi connectivity index (χ4n) is 4.63. The Morgan fingerprint density at radius 1 is 1.04 bits per heavy atom. The molecule has 10 N–H and O–H groups in total. The molecule has 2 amide bonds. The Hall–Kier alpha value is -3.32. The zero-order valence-electron chi connectivity index (χ0n) is 28.5. The molecule has 0 aromatic carbocycles. The number of carbonyl (C=O) groups is 4. The average Bonchev–Trinajstić information content (AvgIpc) is 3.62. The van der Waals surface area contributed by atoms with Crippen molar-refractivity contribution in [1.29, 1.82) is 0 Å². The molecule has 54 heavy (non-hydrogen) atoms. The van der Waals surface area contributed by atoms with Gasteiger partial charge < -0.3 is 55.6 Å². The van der Waals surface area contributed by atoms with Crippen molar-refractivity contribution in [3.05, 3.63) is 12.7 Å². The third-order valence-corrected chi connectivity index (χ3v) is 10.5. The molecule has 304 valence electrons. The number of hydrogen-bond donors (Lipinski definition) is 9. The molecule has 1 saturated heterocycles. The van der Waals surface area contributed by atoms with Crippen molar-refractivity contribution in [3.8, 4) is 0 Å². The van der Waals surface area contributed by atoms with Crippen LogP contribution in [0, 0.1) is 5.41 Å². The minimum atomic E-state index is -5.58. The highest BCUT2D eigenvalue weighted by molar-refractivity contribution is 7.61. The molecule has 2 aromatic rings. The van der Waals surface area contributed by atoms with Gasteiger partial charge >= 0.3 is 23.5 Å². The number of amides is 2. The molecular weight excluding hydrogens is 795 g/mol. The molecule has 0 radical (unpaired) electrons. The van der Waals surface area contributed by atoms with Crippen molar-refractivity contribution in [2.45, 2.75) is 63.8 Å². The number of aliphatic hydroxyl groups excluding tert-OH is 2. The predicted octanol–water partition coefficient (Wildman–Crippen LogP) is -2.07. The van der Waals surface area contributed by atoms with Crippen LogP contribution >= 0.6 is 23.5 Å². The second-order valence-corrected chi connectivity index (χ2v) is 16.3. The number of Topliss-reactive ketones (excluding diaryl/α,β-unsaturated/α-hetero) is 1. The number of nitrogens with zero attached hydrogens (tertiary/aromatic N) is 4. The van der Waals surface area contributed by atoms with Crippen LogP contribution in [0.3, 0.4) is 0 Å². The van der Waals surface area contributed by atoms with Crippen molar-refractivity contribution in [1.82, 2.24) is 30.2 Å². The number of ether oxygens (including phenoxy) is 2. The summed E-state index contributed by atoms with van der Waals surface area (Å²) in [5.41, 5.74) is 4.21. The molecule has 0 saturated carbocycles. The number of nitrogens with two attached hydrogens (primary N) is 1. The molecule has 1 aliphatic heterocycles. The second kappa shape index (κ2) is 19.0. The lowest BCUT2D eigenvalue weighted by atomic mass is 9.87. The number of ketones is 1. The monoisotopic (exact) mass is 835 g/mol. The molecule has 1 aliphatic rings. The molecule has 7 unspecified atom stereocenters. The van der Waals surface area contributed by atoms with E-state index in [2.05, 4.69) is 39.2 Å². The van der Waals surface area contributed by atoms with Gasteiger partial charge in [-0.25, -0.2) is 28.6 Å². The number of phosphoric ester groups is 3. The maximum Gasteiger partial charge on any atom is 0.481 e. The Kier molecular flexibility index (Phi) is 15.9. The first-order valence-corrected chi connectivity index (χ1v) is 20.0. The highest BCUT2D eigenvalue weighted by Crippen LogP contribution is 2.61. The number of fused-ring (bicyclic) bond motifs is 1. The molecule has 7 atom stereocenters. The van der Waals surface area contributed by atoms with E-state index in [1.54, 1.807) is 0 Å². The van der Waals surface area contributed by atoms with Gasteiger partial charge in [-0.1, -0.05) is 13.8 Å². The minimum Gasteiger partial charge on any atom is -0.467 e. The van der Waals surface area contributed by atoms with Crippen molar-refractivity contribution >= 4 is 64.5 Å². The van der Waals surface area contributed by atoms with Gasteiger partial charge in [-0.15, -0.1) is 0 Å². The number of carbonyl (C=O) groups excluding carboxylic acids is 4. The number of phosphoric acid groups is 3. The van der Waals surface area contributed by atoms with Crippen LogP contribution in [0.15, 0.2) is 12.7 Å². The number of nitrogen functional groups attached to an aromatic ring is 1. The Morgan fingerprint density at radius 2 is 1.70 bits per heavy atom. The van der Waals surface area contributed by atoms with Gasteiger partial charge in [0.25, 0.3) is 6.47 Å². The van der Waals surface area contributed by atoms with E-state index in [4.69, 9.17) is 19.5 Å². The first-order valence-electron chi connectivity index (χ1n) is 15.5. The Labute approximate surface area is 305 Å². The molecular formula is C25H40N7O19P3. The van der Waals surface area contributed by atoms with Gasteiger partial charge in [0.05, 0.1) is 26.1 Å². The van der Waals surface area contributed by atoms with Crippen LogP contribution < -0.4 is 16.4 Å². The molecule has 1 fully saturated rings. The summed E-state index contributed by atoms with van der Waals surface area (Å²) in [7, 11) is -16.4. The van der Waals surface area contributed by atoms with Gasteiger partial charge in [0.1, 0.15) is 42.0 Å². The van der Waals surface area contributed by atoms with Gasteiger partial charge in [0.15, 0.2) is 17.7 Å². The number of imidazole rings is 1. The largest absolute Gasteiger partial charge is 0.481 e. The molecule has 0 aliphatic carbocycles. The van der Waals surface area contributed by atoms with E-state index in [1.165, 1.54) is 13.8 Å². The molecule has 29 heteroatoms. The fourth-order valence-corrected chi connectivity index (χ4v) is 7.46. The molecule has 0 bridgehead atoms. The summed E-state index contributed by atoms with van der Waals surface area (Å²) >= 11 is 0. The molecule has 3 heterocycles. The van der Waals surface area contributed by atoms with E-state index >= 15 is 0 Å². The zero-order chi connectivity index (χ0) is 40.5. The Morgan fingerprint density at radius 3 is 2.37 bits per heavy atom. The Balaban J connectivity index is 1.51. The smallest absolute Gasteiger partial charge is 0.467 e. The maximum absolute atomic E-state index is 12.6. The zero-order valence-corrected chi connectivity index (χ0v) is 31.2. The average molecular weight is 836 g/mol. The third-order valence-electron chi connectivity index (χ3n) is 7.37. The topological polar surface area (TPSA) is 390 Å². The van der Waals surface area contributed by atoms with Crippen LogP contribution in [0.1, 0.15) is 39.3 Å². The van der Waals surface area contributed by atoms with E-state index < -0.39 is 84.6 Å². The number of rotatable bonds is 23. The van der Waals surface area contributed by atoms with E-state index in [0.29, 0.717) is 0 Å². The highest BCUT2D eigenvalue weighted by Gasteiger charge is 2.50. The lowest BCUT2D eigenvalue weighted by Crippen LogP contribution is -2.46. The van der Waals surface area contributed by atoms with Gasteiger partial charge in [-0.05, 0) is 0 Å². The lowest BCUT2D eigenvalue weighted by Gasteiger charge is -2.30. The fraction of sp³-hybridized carbons (Fsp3) is 0.640. The van der Waals surface area contributed by atoms with Gasteiger partial charge in [-0.3, -0.25) is 37.3 Å².